The first kappa shape index (κ1) is 21.3. The van der Waals surface area contributed by atoms with Crippen LogP contribution in [0.25, 0.3) is 0 Å². The number of rotatable bonds is 4. The molecule has 1 aromatic carbocycles. The number of pyridine rings is 1. The summed E-state index contributed by atoms with van der Waals surface area (Å²) in [6.45, 7) is 8.07. The lowest BCUT2D eigenvalue weighted by Gasteiger charge is -2.30. The van der Waals surface area contributed by atoms with Crippen molar-refractivity contribution < 1.29 is 13.2 Å². The molecule has 0 unspecified atom stereocenters. The third-order valence-corrected chi connectivity index (χ3v) is 6.17. The normalized spacial score (nSPS) is 15.2. The smallest absolute Gasteiger partial charge is 0.259 e. The van der Waals surface area contributed by atoms with Gasteiger partial charge in [0.15, 0.2) is 9.84 Å². The van der Waals surface area contributed by atoms with E-state index in [2.05, 4.69) is 31.0 Å². The SMILES string of the molecule is CC(C)(C)c1ccc(C(=O)Nc2cccc(S(C)(=O)=O)c2)c(N2CCCCC2)n1. The number of sulfone groups is 1. The Hall–Kier alpha value is -2.41. The van der Waals surface area contributed by atoms with Crippen LogP contribution in [0.3, 0.4) is 0 Å². The van der Waals surface area contributed by atoms with Crippen LogP contribution in [0.2, 0.25) is 0 Å². The molecule has 2 aromatic rings. The van der Waals surface area contributed by atoms with Gasteiger partial charge < -0.3 is 10.2 Å². The molecule has 156 valence electrons. The highest BCUT2D eigenvalue weighted by Crippen LogP contribution is 2.28. The fraction of sp³-hybridized carbons (Fsp3) is 0.455. The van der Waals surface area contributed by atoms with Crippen molar-refractivity contribution in [3.63, 3.8) is 0 Å². The van der Waals surface area contributed by atoms with Gasteiger partial charge in [-0.15, -0.1) is 0 Å². The summed E-state index contributed by atoms with van der Waals surface area (Å²) < 4.78 is 23.6. The Morgan fingerprint density at radius 2 is 1.76 bits per heavy atom. The molecule has 0 bridgehead atoms. The van der Waals surface area contributed by atoms with E-state index in [-0.39, 0.29) is 16.2 Å². The van der Waals surface area contributed by atoms with Crippen LogP contribution >= 0.6 is 0 Å². The monoisotopic (exact) mass is 415 g/mol. The Balaban J connectivity index is 1.95. The van der Waals surface area contributed by atoms with E-state index in [1.54, 1.807) is 12.1 Å². The van der Waals surface area contributed by atoms with Crippen LogP contribution in [-0.2, 0) is 15.3 Å². The van der Waals surface area contributed by atoms with E-state index in [9.17, 15) is 13.2 Å². The minimum absolute atomic E-state index is 0.122. The zero-order valence-corrected chi connectivity index (χ0v) is 18.3. The minimum atomic E-state index is -3.34. The summed E-state index contributed by atoms with van der Waals surface area (Å²) in [6.07, 6.45) is 4.50. The zero-order valence-electron chi connectivity index (χ0n) is 17.5. The minimum Gasteiger partial charge on any atom is -0.356 e. The van der Waals surface area contributed by atoms with Crippen LogP contribution in [0.15, 0.2) is 41.3 Å². The van der Waals surface area contributed by atoms with E-state index >= 15 is 0 Å². The number of hydrogen-bond acceptors (Lipinski definition) is 5. The van der Waals surface area contributed by atoms with E-state index < -0.39 is 9.84 Å². The van der Waals surface area contributed by atoms with E-state index in [0.29, 0.717) is 17.1 Å². The average Bonchev–Trinajstić information content (AvgIpc) is 2.67. The molecule has 0 atom stereocenters. The first-order valence-corrected chi connectivity index (χ1v) is 11.8. The highest BCUT2D eigenvalue weighted by atomic mass is 32.2. The maximum atomic E-state index is 13.1. The van der Waals surface area contributed by atoms with Gasteiger partial charge in [0.05, 0.1) is 10.5 Å². The second-order valence-corrected chi connectivity index (χ2v) is 10.6. The molecule has 1 aromatic heterocycles. The molecular formula is C22H29N3O3S. The van der Waals surface area contributed by atoms with Gasteiger partial charge in [0, 0.05) is 36.1 Å². The molecule has 29 heavy (non-hydrogen) atoms. The van der Waals surface area contributed by atoms with Crippen molar-refractivity contribution in [2.45, 2.75) is 50.3 Å². The van der Waals surface area contributed by atoms with Crippen molar-refractivity contribution in [1.82, 2.24) is 4.98 Å². The third kappa shape index (κ3) is 5.15. The highest BCUT2D eigenvalue weighted by Gasteiger charge is 2.24. The molecule has 1 amide bonds. The molecule has 1 N–H and O–H groups in total. The van der Waals surface area contributed by atoms with Gasteiger partial charge in [-0.1, -0.05) is 26.8 Å². The molecule has 1 fully saturated rings. The predicted molar refractivity (Wildman–Crippen MR) is 117 cm³/mol. The molecule has 1 aliphatic heterocycles. The lowest BCUT2D eigenvalue weighted by molar-refractivity contribution is 0.102. The molecule has 0 radical (unpaired) electrons. The third-order valence-electron chi connectivity index (χ3n) is 5.06. The van der Waals surface area contributed by atoms with Crippen molar-refractivity contribution in [3.05, 3.63) is 47.7 Å². The van der Waals surface area contributed by atoms with Crippen molar-refractivity contribution in [2.24, 2.45) is 0 Å². The van der Waals surface area contributed by atoms with Gasteiger partial charge >= 0.3 is 0 Å². The molecule has 2 heterocycles. The van der Waals surface area contributed by atoms with E-state index in [0.717, 1.165) is 37.9 Å². The number of carbonyl (C=O) groups excluding carboxylic acids is 1. The Morgan fingerprint density at radius 3 is 2.38 bits per heavy atom. The van der Waals surface area contributed by atoms with Crippen LogP contribution < -0.4 is 10.2 Å². The second-order valence-electron chi connectivity index (χ2n) is 8.62. The van der Waals surface area contributed by atoms with Crippen molar-refractivity contribution in [3.8, 4) is 0 Å². The fourth-order valence-electron chi connectivity index (χ4n) is 3.39. The van der Waals surface area contributed by atoms with Gasteiger partial charge in [0.2, 0.25) is 0 Å². The van der Waals surface area contributed by atoms with Gasteiger partial charge in [0.25, 0.3) is 5.91 Å². The maximum Gasteiger partial charge on any atom is 0.259 e. The number of amides is 1. The van der Waals surface area contributed by atoms with Crippen LogP contribution in [0.4, 0.5) is 11.5 Å². The number of anilines is 2. The molecule has 0 aliphatic carbocycles. The Kier molecular flexibility index (Phi) is 5.98. The number of carbonyl (C=O) groups is 1. The van der Waals surface area contributed by atoms with Crippen molar-refractivity contribution >= 4 is 27.2 Å². The summed E-state index contributed by atoms with van der Waals surface area (Å²) in [7, 11) is -3.34. The molecule has 1 aliphatic rings. The van der Waals surface area contributed by atoms with Crippen molar-refractivity contribution in [1.29, 1.82) is 0 Å². The van der Waals surface area contributed by atoms with Gasteiger partial charge in [-0.3, -0.25) is 4.79 Å². The Bertz CT molecular complexity index is 1000. The van der Waals surface area contributed by atoms with Crippen LogP contribution in [0.5, 0.6) is 0 Å². The molecule has 7 heteroatoms. The molecular weight excluding hydrogens is 386 g/mol. The van der Waals surface area contributed by atoms with Crippen molar-refractivity contribution in [2.75, 3.05) is 29.6 Å². The number of nitrogens with zero attached hydrogens (tertiary/aromatic N) is 2. The first-order valence-electron chi connectivity index (χ1n) is 9.94. The molecule has 6 nitrogen and oxygen atoms in total. The summed E-state index contributed by atoms with van der Waals surface area (Å²) in [5.74, 6) is 0.415. The zero-order chi connectivity index (χ0) is 21.2. The second kappa shape index (κ2) is 8.14. The number of nitrogens with one attached hydrogen (secondary N) is 1. The van der Waals surface area contributed by atoms with E-state index in [4.69, 9.17) is 4.98 Å². The van der Waals surface area contributed by atoms with Crippen LogP contribution in [0, 0.1) is 0 Å². The lowest BCUT2D eigenvalue weighted by atomic mass is 9.91. The average molecular weight is 416 g/mol. The Labute approximate surface area is 173 Å². The maximum absolute atomic E-state index is 13.1. The quantitative estimate of drug-likeness (QED) is 0.816. The van der Waals surface area contributed by atoms with E-state index in [1.807, 2.05) is 12.1 Å². The lowest BCUT2D eigenvalue weighted by Crippen LogP contribution is -2.33. The summed E-state index contributed by atoms with van der Waals surface area (Å²) in [5.41, 5.74) is 1.77. The van der Waals surface area contributed by atoms with Gasteiger partial charge in [-0.25, -0.2) is 13.4 Å². The largest absolute Gasteiger partial charge is 0.356 e. The Morgan fingerprint density at radius 1 is 1.07 bits per heavy atom. The van der Waals surface area contributed by atoms with Crippen LogP contribution in [-0.4, -0.2) is 38.7 Å². The molecule has 3 rings (SSSR count). The summed E-state index contributed by atoms with van der Waals surface area (Å²) >= 11 is 0. The summed E-state index contributed by atoms with van der Waals surface area (Å²) in [6, 6.07) is 10.0. The van der Waals surface area contributed by atoms with Gasteiger partial charge in [0.1, 0.15) is 5.82 Å². The van der Waals surface area contributed by atoms with Gasteiger partial charge in [-0.2, -0.15) is 0 Å². The molecule has 1 saturated heterocycles. The number of piperidine rings is 1. The summed E-state index contributed by atoms with van der Waals surface area (Å²) in [4.78, 5) is 20.3. The number of aromatic nitrogens is 1. The summed E-state index contributed by atoms with van der Waals surface area (Å²) in [5, 5.41) is 2.84. The molecule has 0 saturated carbocycles. The first-order chi connectivity index (χ1) is 13.6. The predicted octanol–water partition coefficient (Wildman–Crippen LogP) is 4.03. The van der Waals surface area contributed by atoms with E-state index in [1.165, 1.54) is 18.6 Å². The topological polar surface area (TPSA) is 79.4 Å². The molecule has 0 spiro atoms. The number of benzene rings is 1. The van der Waals surface area contributed by atoms with Gasteiger partial charge in [-0.05, 0) is 49.6 Å². The fourth-order valence-corrected chi connectivity index (χ4v) is 4.06. The number of hydrogen-bond donors (Lipinski definition) is 1. The van der Waals surface area contributed by atoms with Crippen LogP contribution in [0.1, 0.15) is 56.1 Å². The standard InChI is InChI=1S/C22H29N3O3S/c1-22(2,3)19-12-11-18(20(24-19)25-13-6-5-7-14-25)21(26)23-16-9-8-10-17(15-16)29(4,27)28/h8-12,15H,5-7,13-14H2,1-4H3,(H,23,26). The highest BCUT2D eigenvalue weighted by molar-refractivity contribution is 7.90.